The molecule has 1 aromatic heterocycles. The zero-order valence-corrected chi connectivity index (χ0v) is 11.8. The van der Waals surface area contributed by atoms with E-state index in [4.69, 9.17) is 5.73 Å². The molecule has 5 heteroatoms. The van der Waals surface area contributed by atoms with E-state index in [1.165, 1.54) is 0 Å². The van der Waals surface area contributed by atoms with Crippen LogP contribution < -0.4 is 10.6 Å². The molecule has 0 aliphatic heterocycles. The van der Waals surface area contributed by atoms with E-state index >= 15 is 0 Å². The van der Waals surface area contributed by atoms with E-state index in [1.54, 1.807) is 6.20 Å². The molecule has 1 heterocycles. The van der Waals surface area contributed by atoms with Crippen molar-refractivity contribution in [1.82, 2.24) is 9.97 Å². The second kappa shape index (κ2) is 5.93. The van der Waals surface area contributed by atoms with Gasteiger partial charge in [-0.25, -0.2) is 9.97 Å². The molecule has 0 fully saturated rings. The van der Waals surface area contributed by atoms with E-state index in [-0.39, 0.29) is 0 Å². The number of aromatic nitrogens is 2. The highest BCUT2D eigenvalue weighted by atomic mass is 79.9. The molecule has 2 rings (SSSR count). The van der Waals surface area contributed by atoms with Crippen LogP contribution in [0.5, 0.6) is 0 Å². The van der Waals surface area contributed by atoms with Crippen LogP contribution in [-0.2, 0) is 0 Å². The SMILES string of the molecule is CN(CCN)c1nccc(-c2cccc(Br)c2)n1. The first kappa shape index (κ1) is 13.0. The predicted octanol–water partition coefficient (Wildman–Crippen LogP) is 2.30. The van der Waals surface area contributed by atoms with E-state index in [0.29, 0.717) is 12.5 Å². The zero-order chi connectivity index (χ0) is 13.0. The second-order valence-electron chi connectivity index (χ2n) is 3.96. The Hall–Kier alpha value is -1.46. The number of anilines is 1. The molecule has 0 amide bonds. The molecule has 0 saturated carbocycles. The van der Waals surface area contributed by atoms with Gasteiger partial charge in [-0.05, 0) is 18.2 Å². The molecular formula is C13H15BrN4. The third kappa shape index (κ3) is 3.05. The van der Waals surface area contributed by atoms with Gasteiger partial charge in [-0.1, -0.05) is 28.1 Å². The summed E-state index contributed by atoms with van der Waals surface area (Å²) in [6.45, 7) is 1.32. The molecule has 2 aromatic rings. The van der Waals surface area contributed by atoms with E-state index < -0.39 is 0 Å². The van der Waals surface area contributed by atoms with Crippen molar-refractivity contribution in [2.75, 3.05) is 25.0 Å². The van der Waals surface area contributed by atoms with Crippen molar-refractivity contribution in [2.24, 2.45) is 5.73 Å². The van der Waals surface area contributed by atoms with Crippen molar-refractivity contribution in [3.05, 3.63) is 41.0 Å². The Morgan fingerprint density at radius 2 is 2.17 bits per heavy atom. The largest absolute Gasteiger partial charge is 0.343 e. The molecule has 94 valence electrons. The molecule has 1 aromatic carbocycles. The number of nitrogens with zero attached hydrogens (tertiary/aromatic N) is 3. The van der Waals surface area contributed by atoms with Gasteiger partial charge in [0.05, 0.1) is 5.69 Å². The number of halogens is 1. The van der Waals surface area contributed by atoms with E-state index in [1.807, 2.05) is 42.3 Å². The fourth-order valence-corrected chi connectivity index (χ4v) is 2.03. The lowest BCUT2D eigenvalue weighted by Crippen LogP contribution is -2.26. The molecule has 4 nitrogen and oxygen atoms in total. The highest BCUT2D eigenvalue weighted by Gasteiger charge is 2.06. The number of hydrogen-bond donors (Lipinski definition) is 1. The monoisotopic (exact) mass is 306 g/mol. The Labute approximate surface area is 115 Å². The molecule has 18 heavy (non-hydrogen) atoms. The molecule has 0 saturated heterocycles. The van der Waals surface area contributed by atoms with E-state index in [2.05, 4.69) is 25.9 Å². The molecule has 2 N–H and O–H groups in total. The second-order valence-corrected chi connectivity index (χ2v) is 4.88. The van der Waals surface area contributed by atoms with Crippen LogP contribution in [0.4, 0.5) is 5.95 Å². The molecule has 0 unspecified atom stereocenters. The summed E-state index contributed by atoms with van der Waals surface area (Å²) in [7, 11) is 1.94. The van der Waals surface area contributed by atoms with Gasteiger partial charge in [0.2, 0.25) is 5.95 Å². The van der Waals surface area contributed by atoms with Gasteiger partial charge in [0.25, 0.3) is 0 Å². The Morgan fingerprint density at radius 3 is 2.89 bits per heavy atom. The van der Waals surface area contributed by atoms with E-state index in [9.17, 15) is 0 Å². The fraction of sp³-hybridized carbons (Fsp3) is 0.231. The first-order valence-corrected chi connectivity index (χ1v) is 6.50. The Morgan fingerprint density at radius 1 is 1.33 bits per heavy atom. The maximum absolute atomic E-state index is 5.53. The highest BCUT2D eigenvalue weighted by Crippen LogP contribution is 2.22. The summed E-state index contributed by atoms with van der Waals surface area (Å²) in [5.41, 5.74) is 7.50. The van der Waals surface area contributed by atoms with Gasteiger partial charge in [-0.15, -0.1) is 0 Å². The third-order valence-electron chi connectivity index (χ3n) is 2.57. The number of hydrogen-bond acceptors (Lipinski definition) is 4. The van der Waals surface area contributed by atoms with Gasteiger partial charge in [0.1, 0.15) is 0 Å². The first-order chi connectivity index (χ1) is 8.70. The quantitative estimate of drug-likeness (QED) is 0.942. The number of likely N-dealkylation sites (N-methyl/N-ethyl adjacent to an activating group) is 1. The van der Waals surface area contributed by atoms with E-state index in [0.717, 1.165) is 22.3 Å². The van der Waals surface area contributed by atoms with Gasteiger partial charge in [0.15, 0.2) is 0 Å². The Balaban J connectivity index is 2.32. The van der Waals surface area contributed by atoms with Crippen LogP contribution in [0.1, 0.15) is 0 Å². The van der Waals surface area contributed by atoms with Crippen LogP contribution in [0.25, 0.3) is 11.3 Å². The maximum Gasteiger partial charge on any atom is 0.225 e. The predicted molar refractivity (Wildman–Crippen MR) is 77.5 cm³/mol. The van der Waals surface area contributed by atoms with Crippen LogP contribution in [0.2, 0.25) is 0 Å². The summed E-state index contributed by atoms with van der Waals surface area (Å²) in [6.07, 6.45) is 1.77. The van der Waals surface area contributed by atoms with Crippen molar-refractivity contribution >= 4 is 21.9 Å². The number of nitrogens with two attached hydrogens (primary N) is 1. The van der Waals surface area contributed by atoms with Gasteiger partial charge in [0, 0.05) is 36.4 Å². The molecule has 0 bridgehead atoms. The average Bonchev–Trinajstić information content (AvgIpc) is 2.39. The molecule has 0 aliphatic rings. The summed E-state index contributed by atoms with van der Waals surface area (Å²) < 4.78 is 1.04. The maximum atomic E-state index is 5.53. The summed E-state index contributed by atoms with van der Waals surface area (Å²) in [6, 6.07) is 9.95. The van der Waals surface area contributed by atoms with Crippen LogP contribution in [0, 0.1) is 0 Å². The summed E-state index contributed by atoms with van der Waals surface area (Å²) in [5, 5.41) is 0. The minimum absolute atomic E-state index is 0.584. The Bertz CT molecular complexity index is 530. The molecule has 0 atom stereocenters. The van der Waals surface area contributed by atoms with Crippen LogP contribution in [0.3, 0.4) is 0 Å². The lowest BCUT2D eigenvalue weighted by atomic mass is 10.1. The zero-order valence-electron chi connectivity index (χ0n) is 10.2. The van der Waals surface area contributed by atoms with Gasteiger partial charge in [-0.2, -0.15) is 0 Å². The summed E-state index contributed by atoms with van der Waals surface area (Å²) in [5.74, 6) is 0.693. The van der Waals surface area contributed by atoms with Crippen LogP contribution in [-0.4, -0.2) is 30.1 Å². The number of benzene rings is 1. The van der Waals surface area contributed by atoms with Crippen molar-refractivity contribution in [3.8, 4) is 11.3 Å². The molecular weight excluding hydrogens is 292 g/mol. The lowest BCUT2D eigenvalue weighted by Gasteiger charge is -2.16. The fourth-order valence-electron chi connectivity index (χ4n) is 1.63. The van der Waals surface area contributed by atoms with Crippen molar-refractivity contribution in [2.45, 2.75) is 0 Å². The van der Waals surface area contributed by atoms with Gasteiger partial charge < -0.3 is 10.6 Å². The third-order valence-corrected chi connectivity index (χ3v) is 3.06. The van der Waals surface area contributed by atoms with Crippen molar-refractivity contribution < 1.29 is 0 Å². The average molecular weight is 307 g/mol. The summed E-state index contributed by atoms with van der Waals surface area (Å²) in [4.78, 5) is 10.7. The van der Waals surface area contributed by atoms with Crippen LogP contribution in [0.15, 0.2) is 41.0 Å². The van der Waals surface area contributed by atoms with Gasteiger partial charge >= 0.3 is 0 Å². The minimum Gasteiger partial charge on any atom is -0.343 e. The molecule has 0 radical (unpaired) electrons. The van der Waals surface area contributed by atoms with Crippen molar-refractivity contribution in [1.29, 1.82) is 0 Å². The smallest absolute Gasteiger partial charge is 0.225 e. The minimum atomic E-state index is 0.584. The van der Waals surface area contributed by atoms with Gasteiger partial charge in [-0.3, -0.25) is 0 Å². The normalized spacial score (nSPS) is 10.4. The Kier molecular flexibility index (Phi) is 4.28. The lowest BCUT2D eigenvalue weighted by molar-refractivity contribution is 0.847. The standard InChI is InChI=1S/C13H15BrN4/c1-18(8-6-15)13-16-7-5-12(17-13)10-3-2-4-11(14)9-10/h2-5,7,9H,6,8,15H2,1H3. The summed E-state index contributed by atoms with van der Waals surface area (Å²) >= 11 is 3.46. The number of rotatable bonds is 4. The van der Waals surface area contributed by atoms with Crippen LogP contribution >= 0.6 is 15.9 Å². The van der Waals surface area contributed by atoms with Crippen molar-refractivity contribution in [3.63, 3.8) is 0 Å². The molecule has 0 aliphatic carbocycles. The first-order valence-electron chi connectivity index (χ1n) is 5.71. The highest BCUT2D eigenvalue weighted by molar-refractivity contribution is 9.10. The molecule has 0 spiro atoms. The topological polar surface area (TPSA) is 55.0 Å².